The number of benzene rings is 1. The molecule has 0 bridgehead atoms. The molecule has 1 aromatic carbocycles. The van der Waals surface area contributed by atoms with E-state index in [1.807, 2.05) is 0 Å². The Bertz CT molecular complexity index is 506. The lowest BCUT2D eigenvalue weighted by Gasteiger charge is -2.10. The van der Waals surface area contributed by atoms with Crippen LogP contribution in [0.3, 0.4) is 0 Å². The summed E-state index contributed by atoms with van der Waals surface area (Å²) in [6.45, 7) is 4.33. The zero-order chi connectivity index (χ0) is 14.4. The van der Waals surface area contributed by atoms with Gasteiger partial charge in [-0.15, -0.1) is 0 Å². The second-order valence-corrected chi connectivity index (χ2v) is 3.57. The summed E-state index contributed by atoms with van der Waals surface area (Å²) >= 11 is 0. The van der Waals surface area contributed by atoms with Crippen LogP contribution in [0.1, 0.15) is 31.1 Å². The van der Waals surface area contributed by atoms with Crippen LogP contribution in [0.25, 0.3) is 0 Å². The van der Waals surface area contributed by atoms with Gasteiger partial charge < -0.3 is 14.2 Å². The Kier molecular flexibility index (Phi) is 5.05. The highest BCUT2D eigenvalue weighted by molar-refractivity contribution is 5.90. The number of ether oxygens (including phenoxy) is 3. The van der Waals surface area contributed by atoms with E-state index < -0.39 is 17.9 Å². The molecule has 0 heterocycles. The van der Waals surface area contributed by atoms with E-state index in [1.165, 1.54) is 32.0 Å². The molecule has 0 spiro atoms. The van der Waals surface area contributed by atoms with E-state index in [9.17, 15) is 14.4 Å². The van der Waals surface area contributed by atoms with Crippen LogP contribution in [-0.4, -0.2) is 24.5 Å². The molecule has 102 valence electrons. The predicted octanol–water partition coefficient (Wildman–Crippen LogP) is 1.71. The fourth-order valence-corrected chi connectivity index (χ4v) is 1.32. The van der Waals surface area contributed by atoms with Crippen LogP contribution in [0.4, 0.5) is 0 Å². The van der Waals surface area contributed by atoms with Gasteiger partial charge in [-0.2, -0.15) is 0 Å². The molecular formula is C13H14O6. The maximum absolute atomic E-state index is 11.5. The van der Waals surface area contributed by atoms with E-state index >= 15 is 0 Å². The molecule has 1 rings (SSSR count). The van der Waals surface area contributed by atoms with Crippen molar-refractivity contribution in [3.8, 4) is 11.5 Å². The van der Waals surface area contributed by atoms with Crippen LogP contribution < -0.4 is 9.47 Å². The zero-order valence-electron chi connectivity index (χ0n) is 10.9. The summed E-state index contributed by atoms with van der Waals surface area (Å²) in [5.74, 6) is -1.64. The van der Waals surface area contributed by atoms with Crippen molar-refractivity contribution in [1.29, 1.82) is 0 Å². The van der Waals surface area contributed by atoms with Crippen molar-refractivity contribution < 1.29 is 28.6 Å². The lowest BCUT2D eigenvalue weighted by Crippen LogP contribution is -2.09. The molecule has 0 saturated heterocycles. The van der Waals surface area contributed by atoms with E-state index in [0.29, 0.717) is 0 Å². The highest BCUT2D eigenvalue weighted by atomic mass is 16.6. The van der Waals surface area contributed by atoms with E-state index in [1.54, 1.807) is 6.92 Å². The van der Waals surface area contributed by atoms with Crippen molar-refractivity contribution in [3.63, 3.8) is 0 Å². The van der Waals surface area contributed by atoms with Crippen LogP contribution >= 0.6 is 0 Å². The van der Waals surface area contributed by atoms with Crippen LogP contribution in [0.5, 0.6) is 11.5 Å². The fraction of sp³-hybridized carbons (Fsp3) is 0.308. The summed E-state index contributed by atoms with van der Waals surface area (Å²) in [6, 6.07) is 4.08. The van der Waals surface area contributed by atoms with Crippen molar-refractivity contribution in [2.45, 2.75) is 20.8 Å². The van der Waals surface area contributed by atoms with Crippen LogP contribution in [0.15, 0.2) is 18.2 Å². The van der Waals surface area contributed by atoms with Crippen molar-refractivity contribution >= 4 is 17.9 Å². The molecule has 1 aromatic rings. The number of rotatable bonds is 4. The second kappa shape index (κ2) is 6.53. The number of carbonyl (C=O) groups excluding carboxylic acids is 3. The zero-order valence-corrected chi connectivity index (χ0v) is 10.9. The minimum atomic E-state index is -0.589. The smallest absolute Gasteiger partial charge is 0.338 e. The van der Waals surface area contributed by atoms with Gasteiger partial charge in [0, 0.05) is 13.8 Å². The SMILES string of the molecule is CCOC(=O)c1ccc(OC(C)=O)c(OC(C)=O)c1. The molecule has 6 heteroatoms. The monoisotopic (exact) mass is 266 g/mol. The molecule has 19 heavy (non-hydrogen) atoms. The van der Waals surface area contributed by atoms with E-state index in [0.717, 1.165) is 0 Å². The quantitative estimate of drug-likeness (QED) is 0.609. The third-order valence-corrected chi connectivity index (χ3v) is 1.96. The van der Waals surface area contributed by atoms with Gasteiger partial charge >= 0.3 is 17.9 Å². The predicted molar refractivity (Wildman–Crippen MR) is 65.0 cm³/mol. The molecule has 0 amide bonds. The van der Waals surface area contributed by atoms with Gasteiger partial charge in [-0.05, 0) is 25.1 Å². The Morgan fingerprint density at radius 1 is 1.00 bits per heavy atom. The minimum absolute atomic E-state index is 0.00625. The lowest BCUT2D eigenvalue weighted by molar-refractivity contribution is -0.134. The number of carbonyl (C=O) groups is 3. The molecule has 0 atom stereocenters. The Hall–Kier alpha value is -2.37. The fourth-order valence-electron chi connectivity index (χ4n) is 1.32. The van der Waals surface area contributed by atoms with Gasteiger partial charge in [-0.25, -0.2) is 4.79 Å². The Labute approximate surface area is 110 Å². The number of esters is 3. The molecule has 0 saturated carbocycles. The van der Waals surface area contributed by atoms with Crippen molar-refractivity contribution in [1.82, 2.24) is 0 Å². The average Bonchev–Trinajstić information content (AvgIpc) is 2.30. The molecule has 0 aliphatic rings. The topological polar surface area (TPSA) is 78.9 Å². The molecule has 0 unspecified atom stereocenters. The maximum atomic E-state index is 11.5. The molecule has 0 aliphatic carbocycles. The van der Waals surface area contributed by atoms with Gasteiger partial charge in [0.1, 0.15) is 0 Å². The molecule has 0 fully saturated rings. The first kappa shape index (κ1) is 14.7. The first-order chi connectivity index (χ1) is 8.93. The Morgan fingerprint density at radius 2 is 1.58 bits per heavy atom. The van der Waals surface area contributed by atoms with Crippen molar-refractivity contribution in [2.24, 2.45) is 0 Å². The van der Waals surface area contributed by atoms with Crippen molar-refractivity contribution in [3.05, 3.63) is 23.8 Å². The first-order valence-electron chi connectivity index (χ1n) is 5.62. The third-order valence-electron chi connectivity index (χ3n) is 1.96. The largest absolute Gasteiger partial charge is 0.462 e. The maximum Gasteiger partial charge on any atom is 0.338 e. The lowest BCUT2D eigenvalue weighted by atomic mass is 10.2. The van der Waals surface area contributed by atoms with Crippen molar-refractivity contribution in [2.75, 3.05) is 6.61 Å². The minimum Gasteiger partial charge on any atom is -0.462 e. The summed E-state index contributed by atoms with van der Waals surface area (Å²) in [4.78, 5) is 33.4. The van der Waals surface area contributed by atoms with Gasteiger partial charge in [0.2, 0.25) is 0 Å². The highest BCUT2D eigenvalue weighted by Gasteiger charge is 2.15. The summed E-state index contributed by atoms with van der Waals surface area (Å²) in [5.41, 5.74) is 0.203. The third kappa shape index (κ3) is 4.42. The van der Waals surface area contributed by atoms with Crippen LogP contribution in [-0.2, 0) is 14.3 Å². The average molecular weight is 266 g/mol. The van der Waals surface area contributed by atoms with Gasteiger partial charge in [-0.3, -0.25) is 9.59 Å². The van der Waals surface area contributed by atoms with Gasteiger partial charge in [0.05, 0.1) is 12.2 Å². The van der Waals surface area contributed by atoms with Gasteiger partial charge in [0.25, 0.3) is 0 Å². The Balaban J connectivity index is 3.10. The first-order valence-corrected chi connectivity index (χ1v) is 5.62. The van der Waals surface area contributed by atoms with Gasteiger partial charge in [-0.1, -0.05) is 0 Å². The summed E-state index contributed by atoms with van der Waals surface area (Å²) < 4.78 is 14.6. The van der Waals surface area contributed by atoms with Gasteiger partial charge in [0.15, 0.2) is 11.5 Å². The van der Waals surface area contributed by atoms with E-state index in [-0.39, 0.29) is 23.7 Å². The normalized spacial score (nSPS) is 9.63. The summed E-state index contributed by atoms with van der Waals surface area (Å²) in [7, 11) is 0. The molecule has 0 N–H and O–H groups in total. The highest BCUT2D eigenvalue weighted by Crippen LogP contribution is 2.29. The molecule has 0 aromatic heterocycles. The number of hydrogen-bond donors (Lipinski definition) is 0. The molecule has 0 radical (unpaired) electrons. The second-order valence-electron chi connectivity index (χ2n) is 3.57. The summed E-state index contributed by atoms with van der Waals surface area (Å²) in [5, 5.41) is 0. The standard InChI is InChI=1S/C13H14O6/c1-4-17-13(16)10-5-6-11(18-8(2)14)12(7-10)19-9(3)15/h5-7H,4H2,1-3H3. The van der Waals surface area contributed by atoms with E-state index in [2.05, 4.69) is 0 Å². The Morgan fingerprint density at radius 3 is 2.11 bits per heavy atom. The molecule has 6 nitrogen and oxygen atoms in total. The van der Waals surface area contributed by atoms with Crippen LogP contribution in [0, 0.1) is 0 Å². The molecule has 0 aliphatic heterocycles. The molecular weight excluding hydrogens is 252 g/mol. The van der Waals surface area contributed by atoms with Crippen LogP contribution in [0.2, 0.25) is 0 Å². The number of hydrogen-bond acceptors (Lipinski definition) is 6. The van der Waals surface area contributed by atoms with E-state index in [4.69, 9.17) is 14.2 Å². The summed E-state index contributed by atoms with van der Waals surface area (Å²) in [6.07, 6.45) is 0.